The molecular weight excluding hydrogens is 469 g/mol. The van der Waals surface area contributed by atoms with Gasteiger partial charge in [0.15, 0.2) is 5.60 Å². The van der Waals surface area contributed by atoms with Crippen LogP contribution in [0, 0.1) is 5.82 Å². The smallest absolute Gasteiger partial charge is 0.274 e. The van der Waals surface area contributed by atoms with Crippen molar-refractivity contribution in [3.05, 3.63) is 107 Å². The molecule has 0 radical (unpaired) electrons. The molecular formula is C25H17ClFN7O. The topological polar surface area (TPSA) is 94.0 Å². The van der Waals surface area contributed by atoms with E-state index in [9.17, 15) is 9.50 Å². The first-order valence-electron chi connectivity index (χ1n) is 10.7. The average molecular weight is 486 g/mol. The summed E-state index contributed by atoms with van der Waals surface area (Å²) in [5.41, 5.74) is 2.00. The first-order chi connectivity index (χ1) is 16.9. The molecule has 0 saturated heterocycles. The molecule has 35 heavy (non-hydrogen) atoms. The zero-order valence-corrected chi connectivity index (χ0v) is 19.1. The number of aryl methyl sites for hydroxylation is 1. The highest BCUT2D eigenvalue weighted by Gasteiger charge is 2.37. The monoisotopic (exact) mass is 485 g/mol. The molecule has 3 heterocycles. The van der Waals surface area contributed by atoms with Gasteiger partial charge < -0.3 is 9.67 Å². The maximum atomic E-state index is 13.8. The van der Waals surface area contributed by atoms with Crippen molar-refractivity contribution in [3.8, 4) is 11.3 Å². The molecule has 0 aliphatic rings. The summed E-state index contributed by atoms with van der Waals surface area (Å²) in [5.74, 6) is -0.0613. The summed E-state index contributed by atoms with van der Waals surface area (Å²) in [6.45, 7) is 0. The minimum atomic E-state index is -1.63. The van der Waals surface area contributed by atoms with Gasteiger partial charge in [-0.2, -0.15) is 4.52 Å². The average Bonchev–Trinajstić information content (AvgIpc) is 3.52. The minimum Gasteiger partial charge on any atom is -0.374 e. The number of benzene rings is 3. The quantitative estimate of drug-likeness (QED) is 0.403. The van der Waals surface area contributed by atoms with Crippen molar-refractivity contribution in [2.24, 2.45) is 7.05 Å². The van der Waals surface area contributed by atoms with Crippen molar-refractivity contribution >= 4 is 28.3 Å². The Morgan fingerprint density at radius 1 is 1.00 bits per heavy atom. The molecule has 1 atom stereocenters. The molecule has 0 amide bonds. The predicted molar refractivity (Wildman–Crippen MR) is 128 cm³/mol. The van der Waals surface area contributed by atoms with Crippen LogP contribution in [0.3, 0.4) is 0 Å². The second-order valence-corrected chi connectivity index (χ2v) is 8.64. The third-order valence-corrected chi connectivity index (χ3v) is 6.35. The maximum absolute atomic E-state index is 13.8. The van der Waals surface area contributed by atoms with Crippen LogP contribution < -0.4 is 0 Å². The Morgan fingerprint density at radius 3 is 2.54 bits per heavy atom. The molecule has 10 heteroatoms. The van der Waals surface area contributed by atoms with Gasteiger partial charge in [-0.05, 0) is 58.0 Å². The number of rotatable bonds is 4. The number of fused-ring (bicyclic) bond motifs is 3. The van der Waals surface area contributed by atoms with Crippen LogP contribution in [0.2, 0.25) is 5.02 Å². The van der Waals surface area contributed by atoms with Crippen molar-refractivity contribution in [2.75, 3.05) is 0 Å². The van der Waals surface area contributed by atoms with Gasteiger partial charge in [0.2, 0.25) is 0 Å². The molecule has 0 aliphatic carbocycles. The highest BCUT2D eigenvalue weighted by atomic mass is 35.5. The number of aliphatic hydroxyl groups is 1. The Morgan fingerprint density at radius 2 is 1.80 bits per heavy atom. The standard InChI is InChI=1S/C25H17ClFN7O/c1-33-14-28-13-22(33)25(35,16-5-8-19(27)9-6-16)17-7-10-21-20(12-17)23(15-3-2-4-18(26)11-15)29-24-30-31-32-34(21)24/h2-14,35H,1H3. The van der Waals surface area contributed by atoms with Gasteiger partial charge in [0.25, 0.3) is 5.78 Å². The zero-order valence-electron chi connectivity index (χ0n) is 18.3. The summed E-state index contributed by atoms with van der Waals surface area (Å²) < 4.78 is 17.0. The molecule has 172 valence electrons. The van der Waals surface area contributed by atoms with Crippen molar-refractivity contribution in [1.29, 1.82) is 0 Å². The van der Waals surface area contributed by atoms with Crippen molar-refractivity contribution < 1.29 is 9.50 Å². The molecule has 3 aromatic carbocycles. The summed E-state index contributed by atoms with van der Waals surface area (Å²) in [7, 11) is 1.79. The number of imidazole rings is 1. The van der Waals surface area contributed by atoms with Crippen molar-refractivity contribution in [3.63, 3.8) is 0 Å². The van der Waals surface area contributed by atoms with E-state index in [1.807, 2.05) is 30.3 Å². The molecule has 1 unspecified atom stereocenters. The highest BCUT2D eigenvalue weighted by molar-refractivity contribution is 6.30. The number of nitrogens with zero attached hydrogens (tertiary/aromatic N) is 7. The third kappa shape index (κ3) is 3.36. The first kappa shape index (κ1) is 21.3. The van der Waals surface area contributed by atoms with E-state index in [2.05, 4.69) is 25.5 Å². The summed E-state index contributed by atoms with van der Waals surface area (Å²) in [5, 5.41) is 25.4. The number of hydrogen-bond acceptors (Lipinski definition) is 6. The van der Waals surface area contributed by atoms with Crippen LogP contribution in [0.15, 0.2) is 79.3 Å². The van der Waals surface area contributed by atoms with Crippen molar-refractivity contribution in [2.45, 2.75) is 5.60 Å². The summed E-state index contributed by atoms with van der Waals surface area (Å²) in [6, 6.07) is 18.6. The highest BCUT2D eigenvalue weighted by Crippen LogP contribution is 2.39. The molecule has 0 bridgehead atoms. The Hall–Kier alpha value is -4.21. The van der Waals surface area contributed by atoms with Crippen LogP contribution >= 0.6 is 11.6 Å². The summed E-state index contributed by atoms with van der Waals surface area (Å²) in [6.07, 6.45) is 3.20. The SMILES string of the molecule is Cn1cncc1C(O)(c1ccc(F)cc1)c1ccc2c(c1)c(-c1cccc(Cl)c1)nc1nnnn12. The van der Waals surface area contributed by atoms with E-state index in [0.29, 0.717) is 44.2 Å². The van der Waals surface area contributed by atoms with Crippen LogP contribution in [0.4, 0.5) is 4.39 Å². The lowest BCUT2D eigenvalue weighted by molar-refractivity contribution is 0.117. The van der Waals surface area contributed by atoms with Gasteiger partial charge in [0.1, 0.15) is 5.82 Å². The van der Waals surface area contributed by atoms with Crippen LogP contribution in [-0.2, 0) is 12.6 Å². The molecule has 0 fully saturated rings. The Balaban J connectivity index is 1.68. The molecule has 1 N–H and O–H groups in total. The van der Waals surface area contributed by atoms with Crippen LogP contribution in [0.5, 0.6) is 0 Å². The second-order valence-electron chi connectivity index (χ2n) is 8.20. The van der Waals surface area contributed by atoms with E-state index in [1.54, 1.807) is 48.4 Å². The largest absolute Gasteiger partial charge is 0.374 e. The lowest BCUT2D eigenvalue weighted by Crippen LogP contribution is -2.31. The fourth-order valence-electron chi connectivity index (χ4n) is 4.42. The first-order valence-corrected chi connectivity index (χ1v) is 11.1. The van der Waals surface area contributed by atoms with E-state index in [-0.39, 0.29) is 0 Å². The Bertz CT molecular complexity index is 1710. The normalized spacial score (nSPS) is 13.4. The molecule has 0 saturated carbocycles. The Labute approximate surface area is 203 Å². The van der Waals surface area contributed by atoms with Crippen LogP contribution in [0.1, 0.15) is 16.8 Å². The van der Waals surface area contributed by atoms with Gasteiger partial charge >= 0.3 is 0 Å². The van der Waals surface area contributed by atoms with E-state index in [4.69, 9.17) is 11.6 Å². The predicted octanol–water partition coefficient (Wildman–Crippen LogP) is 4.15. The zero-order chi connectivity index (χ0) is 24.2. The third-order valence-electron chi connectivity index (χ3n) is 6.11. The van der Waals surface area contributed by atoms with Gasteiger partial charge in [-0.1, -0.05) is 47.0 Å². The molecule has 8 nitrogen and oxygen atoms in total. The second kappa shape index (κ2) is 7.93. The molecule has 0 spiro atoms. The number of hydrogen-bond donors (Lipinski definition) is 1. The summed E-state index contributed by atoms with van der Waals surface area (Å²) in [4.78, 5) is 8.88. The van der Waals surface area contributed by atoms with Gasteiger partial charge in [0, 0.05) is 23.0 Å². The minimum absolute atomic E-state index is 0.334. The summed E-state index contributed by atoms with van der Waals surface area (Å²) >= 11 is 6.27. The molecule has 3 aromatic heterocycles. The fraction of sp³-hybridized carbons (Fsp3) is 0.0800. The van der Waals surface area contributed by atoms with Crippen LogP contribution in [0.25, 0.3) is 27.9 Å². The lowest BCUT2D eigenvalue weighted by Gasteiger charge is -2.30. The lowest BCUT2D eigenvalue weighted by atomic mass is 9.83. The van der Waals surface area contributed by atoms with E-state index in [0.717, 1.165) is 5.56 Å². The maximum Gasteiger partial charge on any atom is 0.274 e. The number of halogens is 2. The molecule has 6 rings (SSSR count). The van der Waals surface area contributed by atoms with Gasteiger partial charge in [0.05, 0.1) is 29.4 Å². The number of tetrazole rings is 1. The number of aromatic nitrogens is 7. The Kier molecular flexibility index (Phi) is 4.84. The fourth-order valence-corrected chi connectivity index (χ4v) is 4.61. The van der Waals surface area contributed by atoms with Crippen LogP contribution in [-0.4, -0.2) is 39.7 Å². The van der Waals surface area contributed by atoms with E-state index < -0.39 is 11.4 Å². The van der Waals surface area contributed by atoms with Gasteiger partial charge in [-0.3, -0.25) is 0 Å². The van der Waals surface area contributed by atoms with Gasteiger partial charge in [-0.25, -0.2) is 14.4 Å². The molecule has 0 aliphatic heterocycles. The van der Waals surface area contributed by atoms with Crippen molar-refractivity contribution in [1.82, 2.24) is 34.6 Å². The van der Waals surface area contributed by atoms with E-state index in [1.165, 1.54) is 16.6 Å². The molecule has 6 aromatic rings. The van der Waals surface area contributed by atoms with E-state index >= 15 is 0 Å². The van der Waals surface area contributed by atoms with Gasteiger partial charge in [-0.15, -0.1) is 0 Å².